The van der Waals surface area contributed by atoms with E-state index in [0.29, 0.717) is 12.2 Å². The van der Waals surface area contributed by atoms with Crippen molar-refractivity contribution in [2.24, 2.45) is 0 Å². The zero-order chi connectivity index (χ0) is 16.7. The van der Waals surface area contributed by atoms with Gasteiger partial charge in [-0.2, -0.15) is 0 Å². The van der Waals surface area contributed by atoms with Crippen LogP contribution in [0.5, 0.6) is 5.75 Å². The molecule has 4 nitrogen and oxygen atoms in total. The Kier molecular flexibility index (Phi) is 5.69. The number of ether oxygens (including phenoxy) is 1. The molecule has 118 valence electrons. The average Bonchev–Trinajstić information content (AvgIpc) is 2.76. The molecule has 0 unspecified atom stereocenters. The van der Waals surface area contributed by atoms with E-state index < -0.39 is 0 Å². The SMILES string of the molecule is CCNc1ccccc(C(=O)C=Cc2ccc(OC)cc2)c1=O. The highest BCUT2D eigenvalue weighted by Gasteiger charge is 2.08. The molecule has 0 fully saturated rings. The van der Waals surface area contributed by atoms with Crippen LogP contribution in [-0.4, -0.2) is 19.4 Å². The Morgan fingerprint density at radius 3 is 2.48 bits per heavy atom. The van der Waals surface area contributed by atoms with Crippen molar-refractivity contribution in [1.29, 1.82) is 0 Å². The number of hydrogen-bond donors (Lipinski definition) is 1. The van der Waals surface area contributed by atoms with Crippen LogP contribution < -0.4 is 15.5 Å². The van der Waals surface area contributed by atoms with Crippen LogP contribution in [0, 0.1) is 0 Å². The van der Waals surface area contributed by atoms with E-state index in [2.05, 4.69) is 5.32 Å². The van der Waals surface area contributed by atoms with E-state index >= 15 is 0 Å². The highest BCUT2D eigenvalue weighted by Crippen LogP contribution is 2.12. The molecule has 0 saturated heterocycles. The molecule has 1 N–H and O–H groups in total. The lowest BCUT2D eigenvalue weighted by atomic mass is 10.1. The Labute approximate surface area is 135 Å². The minimum absolute atomic E-state index is 0.149. The number of carbonyl (C=O) groups is 1. The highest BCUT2D eigenvalue weighted by atomic mass is 16.5. The molecule has 0 atom stereocenters. The van der Waals surface area contributed by atoms with Gasteiger partial charge < -0.3 is 10.1 Å². The number of allylic oxidation sites excluding steroid dienone is 1. The summed E-state index contributed by atoms with van der Waals surface area (Å²) in [5.74, 6) is 0.432. The van der Waals surface area contributed by atoms with Crippen molar-refractivity contribution in [2.45, 2.75) is 6.92 Å². The van der Waals surface area contributed by atoms with Gasteiger partial charge in [0.1, 0.15) is 5.75 Å². The Morgan fingerprint density at radius 2 is 1.83 bits per heavy atom. The summed E-state index contributed by atoms with van der Waals surface area (Å²) >= 11 is 0. The third-order valence-corrected chi connectivity index (χ3v) is 3.30. The molecule has 0 heterocycles. The van der Waals surface area contributed by atoms with Gasteiger partial charge >= 0.3 is 0 Å². The van der Waals surface area contributed by atoms with Crippen molar-refractivity contribution in [3.8, 4) is 5.75 Å². The van der Waals surface area contributed by atoms with Crippen molar-refractivity contribution >= 4 is 17.5 Å². The number of rotatable bonds is 6. The first-order valence-corrected chi connectivity index (χ1v) is 7.39. The van der Waals surface area contributed by atoms with Gasteiger partial charge in [0.05, 0.1) is 18.4 Å². The monoisotopic (exact) mass is 309 g/mol. The number of nitrogens with one attached hydrogen (secondary N) is 1. The first-order chi connectivity index (χ1) is 11.2. The molecule has 23 heavy (non-hydrogen) atoms. The maximum Gasteiger partial charge on any atom is 0.212 e. The van der Waals surface area contributed by atoms with Gasteiger partial charge in [-0.15, -0.1) is 0 Å². The summed E-state index contributed by atoms with van der Waals surface area (Å²) in [5.41, 5.74) is 1.15. The van der Waals surface area contributed by atoms with E-state index in [1.807, 2.05) is 31.2 Å². The van der Waals surface area contributed by atoms with E-state index in [1.165, 1.54) is 6.08 Å². The quantitative estimate of drug-likeness (QED) is 0.656. The summed E-state index contributed by atoms with van der Waals surface area (Å²) in [6.07, 6.45) is 3.09. The maximum absolute atomic E-state index is 12.4. The lowest BCUT2D eigenvalue weighted by molar-refractivity contribution is 0.104. The van der Waals surface area contributed by atoms with Gasteiger partial charge in [-0.05, 0) is 42.8 Å². The fourth-order valence-electron chi connectivity index (χ4n) is 2.10. The lowest BCUT2D eigenvalue weighted by Crippen LogP contribution is -2.15. The van der Waals surface area contributed by atoms with Crippen LogP contribution in [0.3, 0.4) is 0 Å². The van der Waals surface area contributed by atoms with Crippen molar-refractivity contribution < 1.29 is 9.53 Å². The Bertz CT molecular complexity index is 764. The van der Waals surface area contributed by atoms with Crippen LogP contribution >= 0.6 is 0 Å². The minimum Gasteiger partial charge on any atom is -0.497 e. The molecule has 0 aliphatic rings. The Hall–Kier alpha value is -2.88. The average molecular weight is 309 g/mol. The van der Waals surface area contributed by atoms with Crippen LogP contribution in [0.1, 0.15) is 22.8 Å². The molecule has 0 saturated carbocycles. The summed E-state index contributed by atoms with van der Waals surface area (Å²) in [6, 6.07) is 14.0. The number of carbonyl (C=O) groups excluding carboxylic acids is 1. The minimum atomic E-state index is -0.318. The highest BCUT2D eigenvalue weighted by molar-refractivity contribution is 6.07. The first kappa shape index (κ1) is 16.5. The number of benzene rings is 1. The molecule has 0 aliphatic heterocycles. The molecule has 2 aromatic rings. The molecule has 0 bridgehead atoms. The van der Waals surface area contributed by atoms with Gasteiger partial charge in [-0.1, -0.05) is 30.3 Å². The number of anilines is 1. The predicted molar refractivity (Wildman–Crippen MR) is 93.2 cm³/mol. The second kappa shape index (κ2) is 7.94. The molecule has 0 amide bonds. The van der Waals surface area contributed by atoms with Gasteiger partial charge in [0.2, 0.25) is 5.43 Å². The predicted octanol–water partition coefficient (Wildman–Crippen LogP) is 3.38. The Balaban J connectivity index is 2.26. The molecule has 0 aliphatic carbocycles. The third-order valence-electron chi connectivity index (χ3n) is 3.30. The second-order valence-electron chi connectivity index (χ2n) is 4.88. The number of hydrogen-bond acceptors (Lipinski definition) is 4. The van der Waals surface area contributed by atoms with Crippen LogP contribution in [-0.2, 0) is 0 Å². The standard InChI is InChI=1S/C19H19NO3/c1-3-20-17-7-5-4-6-16(19(17)22)18(21)13-10-14-8-11-15(23-2)12-9-14/h4-13H,3H2,1-2H3,(H,20,22). The zero-order valence-corrected chi connectivity index (χ0v) is 13.2. The molecule has 0 radical (unpaired) electrons. The molecule has 0 aromatic heterocycles. The summed E-state index contributed by atoms with van der Waals surface area (Å²) in [7, 11) is 1.60. The van der Waals surface area contributed by atoms with Crippen molar-refractivity contribution in [1.82, 2.24) is 0 Å². The largest absolute Gasteiger partial charge is 0.497 e. The normalized spacial score (nSPS) is 10.5. The summed E-state index contributed by atoms with van der Waals surface area (Å²) in [4.78, 5) is 24.7. The van der Waals surface area contributed by atoms with E-state index in [4.69, 9.17) is 4.74 Å². The van der Waals surface area contributed by atoms with Gasteiger partial charge in [0.25, 0.3) is 0 Å². The molecule has 2 aromatic carbocycles. The Morgan fingerprint density at radius 1 is 1.13 bits per heavy atom. The van der Waals surface area contributed by atoms with Crippen molar-refractivity contribution in [3.63, 3.8) is 0 Å². The third kappa shape index (κ3) is 4.30. The van der Waals surface area contributed by atoms with Gasteiger partial charge in [0.15, 0.2) is 5.78 Å². The van der Waals surface area contributed by atoms with E-state index in [1.54, 1.807) is 37.5 Å². The van der Waals surface area contributed by atoms with Crippen molar-refractivity contribution in [2.75, 3.05) is 19.0 Å². The second-order valence-corrected chi connectivity index (χ2v) is 4.88. The van der Waals surface area contributed by atoms with Gasteiger partial charge in [-0.25, -0.2) is 0 Å². The van der Waals surface area contributed by atoms with E-state index in [0.717, 1.165) is 11.3 Å². The number of methoxy groups -OCH3 is 1. The molecule has 0 spiro atoms. The first-order valence-electron chi connectivity index (χ1n) is 7.39. The van der Waals surface area contributed by atoms with Crippen molar-refractivity contribution in [3.05, 3.63) is 76.0 Å². The molecular weight excluding hydrogens is 290 g/mol. The molecule has 2 rings (SSSR count). The van der Waals surface area contributed by atoms with Crippen LogP contribution in [0.2, 0.25) is 0 Å². The van der Waals surface area contributed by atoms with E-state index in [9.17, 15) is 9.59 Å². The number of ketones is 1. The van der Waals surface area contributed by atoms with Crippen LogP contribution in [0.4, 0.5) is 5.69 Å². The maximum atomic E-state index is 12.4. The topological polar surface area (TPSA) is 55.4 Å². The smallest absolute Gasteiger partial charge is 0.212 e. The van der Waals surface area contributed by atoms with Crippen LogP contribution in [0.15, 0.2) is 59.4 Å². The summed E-state index contributed by atoms with van der Waals surface area (Å²) in [6.45, 7) is 2.52. The zero-order valence-electron chi connectivity index (χ0n) is 13.2. The van der Waals surface area contributed by atoms with Gasteiger partial charge in [0, 0.05) is 6.54 Å². The molecular formula is C19H19NO3. The van der Waals surface area contributed by atoms with Crippen LogP contribution in [0.25, 0.3) is 6.08 Å². The summed E-state index contributed by atoms with van der Waals surface area (Å²) < 4.78 is 5.09. The fraction of sp³-hybridized carbons (Fsp3) is 0.158. The lowest BCUT2D eigenvalue weighted by Gasteiger charge is -2.00. The van der Waals surface area contributed by atoms with Gasteiger partial charge in [-0.3, -0.25) is 9.59 Å². The summed E-state index contributed by atoms with van der Waals surface area (Å²) in [5, 5.41) is 2.97. The van der Waals surface area contributed by atoms with E-state index in [-0.39, 0.29) is 16.8 Å². The fourth-order valence-corrected chi connectivity index (χ4v) is 2.10. The molecule has 4 heteroatoms.